The van der Waals surface area contributed by atoms with E-state index >= 15 is 0 Å². The summed E-state index contributed by atoms with van der Waals surface area (Å²) in [6.45, 7) is 4.50. The third-order valence-electron chi connectivity index (χ3n) is 7.29. The van der Waals surface area contributed by atoms with Crippen molar-refractivity contribution in [3.05, 3.63) is 78.2 Å². The molecule has 186 valence electrons. The zero-order valence-electron chi connectivity index (χ0n) is 21.1. The van der Waals surface area contributed by atoms with Gasteiger partial charge in [-0.15, -0.1) is 0 Å². The number of benzene rings is 2. The standard InChI is InChI=1S/C30H34N4O2/c1-3-21(2)30(35)33-27-19-32-34-28(24-12-8-5-9-13-24)26(18-31-29(27)34)23-14-16-25(17-15-23)36-20-22-10-6-4-7-11-22/h4,6-7,10-11,14-19,21,24H,3,5,8-9,12-13,20H2,1-2H3,(H,33,35). The molecule has 6 heteroatoms. The van der Waals surface area contributed by atoms with Crippen LogP contribution in [0.5, 0.6) is 5.75 Å². The maximum atomic E-state index is 12.5. The third-order valence-corrected chi connectivity index (χ3v) is 7.29. The van der Waals surface area contributed by atoms with Crippen LogP contribution < -0.4 is 10.1 Å². The van der Waals surface area contributed by atoms with Crippen molar-refractivity contribution in [1.29, 1.82) is 0 Å². The van der Waals surface area contributed by atoms with Crippen molar-refractivity contribution in [2.45, 2.75) is 64.9 Å². The second-order valence-corrected chi connectivity index (χ2v) is 9.78. The number of nitrogens with one attached hydrogen (secondary N) is 1. The molecule has 1 aliphatic carbocycles. The van der Waals surface area contributed by atoms with Gasteiger partial charge in [-0.05, 0) is 42.5 Å². The highest BCUT2D eigenvalue weighted by molar-refractivity contribution is 5.95. The summed E-state index contributed by atoms with van der Waals surface area (Å²) in [6.07, 6.45) is 10.5. The molecule has 1 atom stereocenters. The van der Waals surface area contributed by atoms with Crippen molar-refractivity contribution in [2.75, 3.05) is 5.32 Å². The van der Waals surface area contributed by atoms with E-state index in [-0.39, 0.29) is 11.8 Å². The van der Waals surface area contributed by atoms with E-state index in [1.807, 2.05) is 54.9 Å². The normalized spacial score (nSPS) is 15.1. The Morgan fingerprint density at radius 3 is 2.53 bits per heavy atom. The summed E-state index contributed by atoms with van der Waals surface area (Å²) >= 11 is 0. The van der Waals surface area contributed by atoms with Gasteiger partial charge in [-0.3, -0.25) is 4.79 Å². The highest BCUT2D eigenvalue weighted by Gasteiger charge is 2.25. The molecule has 6 nitrogen and oxygen atoms in total. The summed E-state index contributed by atoms with van der Waals surface area (Å²) in [5.41, 5.74) is 5.89. The van der Waals surface area contributed by atoms with Crippen LogP contribution in [-0.2, 0) is 11.4 Å². The first-order chi connectivity index (χ1) is 17.6. The highest BCUT2D eigenvalue weighted by atomic mass is 16.5. The average molecular weight is 483 g/mol. The maximum absolute atomic E-state index is 12.5. The number of hydrogen-bond donors (Lipinski definition) is 1. The summed E-state index contributed by atoms with van der Waals surface area (Å²) in [5.74, 6) is 1.19. The number of carbonyl (C=O) groups is 1. The molecular weight excluding hydrogens is 448 g/mol. The van der Waals surface area contributed by atoms with E-state index in [0.29, 0.717) is 23.9 Å². The Balaban J connectivity index is 1.46. The topological polar surface area (TPSA) is 68.5 Å². The summed E-state index contributed by atoms with van der Waals surface area (Å²) in [6, 6.07) is 18.4. The van der Waals surface area contributed by atoms with E-state index in [1.165, 1.54) is 25.0 Å². The second kappa shape index (κ2) is 10.9. The fourth-order valence-electron chi connectivity index (χ4n) is 4.94. The van der Waals surface area contributed by atoms with Crippen LogP contribution in [0.15, 0.2) is 67.0 Å². The molecule has 5 rings (SSSR count). The van der Waals surface area contributed by atoms with Crippen molar-refractivity contribution in [3.63, 3.8) is 0 Å². The van der Waals surface area contributed by atoms with E-state index in [1.54, 1.807) is 6.20 Å². The molecule has 1 saturated carbocycles. The molecule has 0 spiro atoms. The number of ether oxygens (including phenoxy) is 1. The molecule has 1 aliphatic rings. The Morgan fingerprint density at radius 1 is 1.06 bits per heavy atom. The van der Waals surface area contributed by atoms with Crippen molar-refractivity contribution in [3.8, 4) is 16.9 Å². The van der Waals surface area contributed by atoms with Gasteiger partial charge in [-0.1, -0.05) is 75.6 Å². The van der Waals surface area contributed by atoms with Crippen LogP contribution in [0.3, 0.4) is 0 Å². The summed E-state index contributed by atoms with van der Waals surface area (Å²) in [4.78, 5) is 17.3. The van der Waals surface area contributed by atoms with Crippen LogP contribution >= 0.6 is 0 Å². The van der Waals surface area contributed by atoms with E-state index in [0.717, 1.165) is 41.7 Å². The molecule has 4 aromatic rings. The lowest BCUT2D eigenvalue weighted by molar-refractivity contribution is -0.119. The van der Waals surface area contributed by atoms with Crippen molar-refractivity contribution < 1.29 is 9.53 Å². The Labute approximate surface area is 212 Å². The monoisotopic (exact) mass is 482 g/mol. The van der Waals surface area contributed by atoms with Gasteiger partial charge in [0.25, 0.3) is 0 Å². The first-order valence-corrected chi connectivity index (χ1v) is 13.1. The third kappa shape index (κ3) is 5.13. The highest BCUT2D eigenvalue weighted by Crippen LogP contribution is 2.39. The van der Waals surface area contributed by atoms with Crippen LogP contribution in [-0.4, -0.2) is 20.5 Å². The number of rotatable bonds is 8. The first-order valence-electron chi connectivity index (χ1n) is 13.1. The molecule has 0 radical (unpaired) electrons. The van der Waals surface area contributed by atoms with Gasteiger partial charge in [0.05, 0.1) is 11.9 Å². The SMILES string of the molecule is CCC(C)C(=O)Nc1cnn2c(C3CCCCC3)c(-c3ccc(OCc4ccccc4)cc3)cnc12. The Morgan fingerprint density at radius 2 is 1.81 bits per heavy atom. The predicted octanol–water partition coefficient (Wildman–Crippen LogP) is 7.01. The minimum Gasteiger partial charge on any atom is -0.489 e. The minimum absolute atomic E-state index is 0.00332. The van der Waals surface area contributed by atoms with Gasteiger partial charge >= 0.3 is 0 Å². The smallest absolute Gasteiger partial charge is 0.227 e. The number of carbonyl (C=O) groups excluding carboxylic acids is 1. The van der Waals surface area contributed by atoms with Crippen LogP contribution in [0.4, 0.5) is 5.69 Å². The van der Waals surface area contributed by atoms with Crippen LogP contribution in [0.1, 0.15) is 69.5 Å². The first kappa shape index (κ1) is 24.0. The molecule has 2 aromatic carbocycles. The Kier molecular flexibility index (Phi) is 7.31. The number of nitrogens with zero attached hydrogens (tertiary/aromatic N) is 3. The predicted molar refractivity (Wildman–Crippen MR) is 143 cm³/mol. The fraction of sp³-hybridized carbons (Fsp3) is 0.367. The van der Waals surface area contributed by atoms with Crippen LogP contribution in [0.2, 0.25) is 0 Å². The molecule has 1 amide bonds. The summed E-state index contributed by atoms with van der Waals surface area (Å²) < 4.78 is 7.95. The van der Waals surface area contributed by atoms with Crippen LogP contribution in [0.25, 0.3) is 16.8 Å². The maximum Gasteiger partial charge on any atom is 0.227 e. The van der Waals surface area contributed by atoms with Gasteiger partial charge in [0, 0.05) is 23.6 Å². The van der Waals surface area contributed by atoms with Gasteiger partial charge in [-0.25, -0.2) is 9.50 Å². The lowest BCUT2D eigenvalue weighted by Gasteiger charge is -2.25. The van der Waals surface area contributed by atoms with E-state index in [9.17, 15) is 4.79 Å². The van der Waals surface area contributed by atoms with E-state index < -0.39 is 0 Å². The molecule has 2 heterocycles. The molecule has 2 aromatic heterocycles. The second-order valence-electron chi connectivity index (χ2n) is 9.78. The number of fused-ring (bicyclic) bond motifs is 1. The Hall–Kier alpha value is -3.67. The quantitative estimate of drug-likeness (QED) is 0.293. The number of aromatic nitrogens is 3. The fourth-order valence-corrected chi connectivity index (χ4v) is 4.94. The van der Waals surface area contributed by atoms with Gasteiger partial charge < -0.3 is 10.1 Å². The minimum atomic E-state index is -0.0559. The van der Waals surface area contributed by atoms with Crippen molar-refractivity contribution in [2.24, 2.45) is 5.92 Å². The molecule has 0 aliphatic heterocycles. The lowest BCUT2D eigenvalue weighted by Crippen LogP contribution is -2.19. The van der Waals surface area contributed by atoms with E-state index in [2.05, 4.69) is 29.6 Å². The van der Waals surface area contributed by atoms with Gasteiger partial charge in [0.2, 0.25) is 5.91 Å². The molecule has 36 heavy (non-hydrogen) atoms. The molecule has 1 unspecified atom stereocenters. The van der Waals surface area contributed by atoms with Gasteiger partial charge in [-0.2, -0.15) is 5.10 Å². The zero-order valence-corrected chi connectivity index (χ0v) is 21.1. The molecule has 1 N–H and O–H groups in total. The number of hydrogen-bond acceptors (Lipinski definition) is 4. The largest absolute Gasteiger partial charge is 0.489 e. The number of amides is 1. The molecule has 0 bridgehead atoms. The molecular formula is C30H34N4O2. The molecule has 1 fully saturated rings. The van der Waals surface area contributed by atoms with Gasteiger partial charge in [0.1, 0.15) is 18.0 Å². The van der Waals surface area contributed by atoms with Crippen molar-refractivity contribution >= 4 is 17.2 Å². The lowest BCUT2D eigenvalue weighted by atomic mass is 9.84. The van der Waals surface area contributed by atoms with Crippen molar-refractivity contribution in [1.82, 2.24) is 14.6 Å². The number of anilines is 1. The molecule has 0 saturated heterocycles. The average Bonchev–Trinajstić information content (AvgIpc) is 3.34. The summed E-state index contributed by atoms with van der Waals surface area (Å²) in [7, 11) is 0. The zero-order chi connectivity index (χ0) is 24.9. The van der Waals surface area contributed by atoms with E-state index in [4.69, 9.17) is 14.8 Å². The summed E-state index contributed by atoms with van der Waals surface area (Å²) in [5, 5.41) is 7.75. The van der Waals surface area contributed by atoms with Gasteiger partial charge in [0.15, 0.2) is 5.65 Å². The van der Waals surface area contributed by atoms with Crippen LogP contribution in [0, 0.1) is 5.92 Å². The Bertz CT molecular complexity index is 1310.